The highest BCUT2D eigenvalue weighted by atomic mass is 35.5. The highest BCUT2D eigenvalue weighted by Gasteiger charge is 2.15. The molecule has 2 heterocycles. The molecule has 0 aliphatic rings. The standard InChI is InChI=1S/C11H12ClN3O2S2/c1-7-6-13-11(19-7)15-10(16)9-8(2-5-18-9)17-4-3-14-12/h2,5-6,14H,3-4H2,1H3,(H,13,15,16). The molecule has 0 aliphatic heterocycles. The molecule has 19 heavy (non-hydrogen) atoms. The van der Waals surface area contributed by atoms with Gasteiger partial charge in [-0.1, -0.05) is 0 Å². The smallest absolute Gasteiger partial charge is 0.271 e. The van der Waals surface area contributed by atoms with E-state index in [0.29, 0.717) is 28.9 Å². The summed E-state index contributed by atoms with van der Waals surface area (Å²) in [6, 6.07) is 1.76. The van der Waals surface area contributed by atoms with Crippen molar-refractivity contribution >= 4 is 45.5 Å². The van der Waals surface area contributed by atoms with Crippen molar-refractivity contribution < 1.29 is 9.53 Å². The van der Waals surface area contributed by atoms with Crippen LogP contribution in [0.2, 0.25) is 0 Å². The van der Waals surface area contributed by atoms with Gasteiger partial charge in [0.25, 0.3) is 5.91 Å². The van der Waals surface area contributed by atoms with Crippen LogP contribution in [0.25, 0.3) is 0 Å². The predicted octanol–water partition coefficient (Wildman–Crippen LogP) is 2.89. The zero-order valence-corrected chi connectivity index (χ0v) is 12.5. The molecule has 8 heteroatoms. The summed E-state index contributed by atoms with van der Waals surface area (Å²) in [7, 11) is 0. The molecule has 0 aliphatic carbocycles. The molecule has 0 radical (unpaired) electrons. The quantitative estimate of drug-likeness (QED) is 0.635. The molecule has 0 saturated carbocycles. The number of aromatic nitrogens is 1. The summed E-state index contributed by atoms with van der Waals surface area (Å²) >= 11 is 8.10. The lowest BCUT2D eigenvalue weighted by Gasteiger charge is -2.06. The Hall–Kier alpha value is -1.15. The second-order valence-corrected chi connectivity index (χ2v) is 5.99. The van der Waals surface area contributed by atoms with Crippen molar-refractivity contribution in [2.24, 2.45) is 0 Å². The fourth-order valence-corrected chi connectivity index (χ4v) is 2.81. The summed E-state index contributed by atoms with van der Waals surface area (Å²) in [6.45, 7) is 2.84. The third-order valence-electron chi connectivity index (χ3n) is 2.13. The summed E-state index contributed by atoms with van der Waals surface area (Å²) < 4.78 is 5.47. The van der Waals surface area contributed by atoms with Crippen molar-refractivity contribution in [1.29, 1.82) is 0 Å². The molecule has 5 nitrogen and oxygen atoms in total. The van der Waals surface area contributed by atoms with Crippen LogP contribution in [0.4, 0.5) is 5.13 Å². The first-order valence-corrected chi connectivity index (χ1v) is 7.55. The van der Waals surface area contributed by atoms with Gasteiger partial charge in [0.15, 0.2) is 5.13 Å². The van der Waals surface area contributed by atoms with Crippen LogP contribution in [0.15, 0.2) is 17.6 Å². The van der Waals surface area contributed by atoms with Crippen LogP contribution in [0.1, 0.15) is 14.5 Å². The van der Waals surface area contributed by atoms with Crippen LogP contribution >= 0.6 is 34.5 Å². The van der Waals surface area contributed by atoms with Crippen molar-refractivity contribution in [3.8, 4) is 5.75 Å². The van der Waals surface area contributed by atoms with E-state index >= 15 is 0 Å². The Morgan fingerprint density at radius 1 is 1.58 bits per heavy atom. The molecule has 0 aromatic carbocycles. The van der Waals surface area contributed by atoms with E-state index in [0.717, 1.165) is 4.88 Å². The third kappa shape index (κ3) is 3.90. The number of aryl methyl sites for hydroxylation is 1. The molecule has 0 fully saturated rings. The van der Waals surface area contributed by atoms with Gasteiger partial charge in [-0.2, -0.15) is 0 Å². The average molecular weight is 318 g/mol. The van der Waals surface area contributed by atoms with Gasteiger partial charge in [-0.25, -0.2) is 9.82 Å². The molecule has 0 atom stereocenters. The number of rotatable bonds is 6. The summed E-state index contributed by atoms with van der Waals surface area (Å²) in [5.41, 5.74) is 0. The number of halogens is 1. The number of hydrogen-bond acceptors (Lipinski definition) is 6. The van der Waals surface area contributed by atoms with Crippen LogP contribution in [0, 0.1) is 6.92 Å². The molecular formula is C11H12ClN3O2S2. The van der Waals surface area contributed by atoms with E-state index in [1.807, 2.05) is 12.3 Å². The number of nitrogens with zero attached hydrogens (tertiary/aromatic N) is 1. The SMILES string of the molecule is Cc1cnc(NC(=O)c2sccc2OCCNCl)s1. The number of hydrogen-bond donors (Lipinski definition) is 2. The minimum Gasteiger partial charge on any atom is -0.490 e. The molecule has 0 bridgehead atoms. The Labute approximate surface area is 123 Å². The summed E-state index contributed by atoms with van der Waals surface area (Å²) in [4.78, 5) is 20.2. The van der Waals surface area contributed by atoms with Gasteiger partial charge in [-0.3, -0.25) is 10.1 Å². The van der Waals surface area contributed by atoms with E-state index < -0.39 is 0 Å². The first kappa shape index (κ1) is 14.3. The number of thiazole rings is 1. The van der Waals surface area contributed by atoms with E-state index in [1.165, 1.54) is 22.7 Å². The van der Waals surface area contributed by atoms with E-state index in [2.05, 4.69) is 15.1 Å². The summed E-state index contributed by atoms with van der Waals surface area (Å²) in [5, 5.41) is 5.15. The van der Waals surface area contributed by atoms with Crippen molar-refractivity contribution in [2.75, 3.05) is 18.5 Å². The van der Waals surface area contributed by atoms with E-state index in [9.17, 15) is 4.79 Å². The maximum Gasteiger partial charge on any atom is 0.271 e. The van der Waals surface area contributed by atoms with E-state index in [-0.39, 0.29) is 5.91 Å². The van der Waals surface area contributed by atoms with Gasteiger partial charge in [0.05, 0.1) is 0 Å². The predicted molar refractivity (Wildman–Crippen MR) is 78.5 cm³/mol. The third-order valence-corrected chi connectivity index (χ3v) is 4.04. The summed E-state index contributed by atoms with van der Waals surface area (Å²) in [5.74, 6) is 0.348. The number of nitrogens with one attached hydrogen (secondary N) is 2. The minimum absolute atomic E-state index is 0.210. The van der Waals surface area contributed by atoms with Gasteiger partial charge in [0.1, 0.15) is 17.2 Å². The van der Waals surface area contributed by atoms with Crippen LogP contribution in [-0.4, -0.2) is 24.0 Å². The fourth-order valence-electron chi connectivity index (χ4n) is 1.34. The van der Waals surface area contributed by atoms with Crippen LogP contribution in [0.3, 0.4) is 0 Å². The van der Waals surface area contributed by atoms with E-state index in [1.54, 1.807) is 12.3 Å². The largest absolute Gasteiger partial charge is 0.490 e. The maximum absolute atomic E-state index is 12.1. The number of ether oxygens (including phenoxy) is 1. The Kier molecular flexibility index (Phi) is 5.15. The fraction of sp³-hybridized carbons (Fsp3) is 0.273. The van der Waals surface area contributed by atoms with Crippen molar-refractivity contribution in [3.63, 3.8) is 0 Å². The number of carbonyl (C=O) groups is 1. The zero-order valence-electron chi connectivity index (χ0n) is 10.1. The number of anilines is 1. The van der Waals surface area contributed by atoms with Gasteiger partial charge >= 0.3 is 0 Å². The van der Waals surface area contributed by atoms with Gasteiger partial charge in [0, 0.05) is 17.6 Å². The number of thiophene rings is 1. The maximum atomic E-state index is 12.1. The van der Waals surface area contributed by atoms with Crippen LogP contribution in [-0.2, 0) is 0 Å². The second-order valence-electron chi connectivity index (χ2n) is 3.58. The first-order chi connectivity index (χ1) is 9.20. The Balaban J connectivity index is 2.00. The first-order valence-electron chi connectivity index (χ1n) is 5.48. The second kappa shape index (κ2) is 6.85. The lowest BCUT2D eigenvalue weighted by molar-refractivity contribution is 0.102. The molecule has 0 saturated heterocycles. The molecule has 2 aromatic heterocycles. The average Bonchev–Trinajstić information content (AvgIpc) is 2.99. The normalized spacial score (nSPS) is 10.4. The molecular weight excluding hydrogens is 306 g/mol. The summed E-state index contributed by atoms with van der Waals surface area (Å²) in [6.07, 6.45) is 1.72. The Morgan fingerprint density at radius 2 is 2.42 bits per heavy atom. The van der Waals surface area contributed by atoms with Crippen LogP contribution in [0.5, 0.6) is 5.75 Å². The topological polar surface area (TPSA) is 63.2 Å². The molecule has 102 valence electrons. The van der Waals surface area contributed by atoms with Gasteiger partial charge < -0.3 is 4.74 Å². The van der Waals surface area contributed by atoms with Gasteiger partial charge in [-0.15, -0.1) is 22.7 Å². The van der Waals surface area contributed by atoms with Crippen molar-refractivity contribution in [1.82, 2.24) is 9.82 Å². The molecule has 2 rings (SSSR count). The molecule has 0 unspecified atom stereocenters. The van der Waals surface area contributed by atoms with Crippen molar-refractivity contribution in [2.45, 2.75) is 6.92 Å². The lowest BCUT2D eigenvalue weighted by Crippen LogP contribution is -2.15. The Bertz CT molecular complexity index is 556. The minimum atomic E-state index is -0.210. The number of carbonyl (C=O) groups excluding carboxylic acids is 1. The highest BCUT2D eigenvalue weighted by molar-refractivity contribution is 7.16. The van der Waals surface area contributed by atoms with Gasteiger partial charge in [0.2, 0.25) is 0 Å². The number of amides is 1. The monoisotopic (exact) mass is 317 g/mol. The van der Waals surface area contributed by atoms with Gasteiger partial charge in [-0.05, 0) is 30.1 Å². The van der Waals surface area contributed by atoms with Crippen LogP contribution < -0.4 is 14.9 Å². The van der Waals surface area contributed by atoms with Crippen molar-refractivity contribution in [3.05, 3.63) is 27.4 Å². The molecule has 0 spiro atoms. The molecule has 1 amide bonds. The Morgan fingerprint density at radius 3 is 3.11 bits per heavy atom. The highest BCUT2D eigenvalue weighted by Crippen LogP contribution is 2.26. The lowest BCUT2D eigenvalue weighted by atomic mass is 10.4. The molecule has 2 aromatic rings. The zero-order chi connectivity index (χ0) is 13.7. The molecule has 2 N–H and O–H groups in total. The van der Waals surface area contributed by atoms with E-state index in [4.69, 9.17) is 16.5 Å².